The van der Waals surface area contributed by atoms with Gasteiger partial charge in [0.25, 0.3) is 0 Å². The number of nitrogens with one attached hydrogen (secondary N) is 1. The van der Waals surface area contributed by atoms with Crippen LogP contribution in [0.5, 0.6) is 0 Å². The molecule has 0 bridgehead atoms. The standard InChI is InChI=1S/C15H16BrClF3N5O/c16-12-13(9-2-3-9)25(23-14(12)15(18,19)20)8-11(26)21-4-1-5-24-7-10(17)6-22-24/h6-7,9H,1-5,8H2,(H,21,26). The number of alkyl halides is 3. The first-order valence-electron chi connectivity index (χ1n) is 8.03. The van der Waals surface area contributed by atoms with Crippen LogP contribution < -0.4 is 5.32 Å². The second-order valence-corrected chi connectivity index (χ2v) is 7.33. The van der Waals surface area contributed by atoms with Gasteiger partial charge in [-0.25, -0.2) is 0 Å². The highest BCUT2D eigenvalue weighted by Crippen LogP contribution is 2.46. The summed E-state index contributed by atoms with van der Waals surface area (Å²) in [5.74, 6) is -0.362. The van der Waals surface area contributed by atoms with E-state index in [9.17, 15) is 18.0 Å². The van der Waals surface area contributed by atoms with Crippen molar-refractivity contribution in [3.05, 3.63) is 33.3 Å². The summed E-state index contributed by atoms with van der Waals surface area (Å²) in [5.41, 5.74) is -0.540. The molecule has 1 saturated carbocycles. The van der Waals surface area contributed by atoms with Gasteiger partial charge in [-0.05, 0) is 35.2 Å². The van der Waals surface area contributed by atoms with Crippen molar-refractivity contribution in [1.29, 1.82) is 0 Å². The molecule has 1 amide bonds. The quantitative estimate of drug-likeness (QED) is 0.650. The molecular formula is C15H16BrClF3N5O. The average molecular weight is 455 g/mol. The number of hydrogen-bond acceptors (Lipinski definition) is 3. The van der Waals surface area contributed by atoms with Gasteiger partial charge in [-0.15, -0.1) is 0 Å². The molecule has 2 aromatic rings. The van der Waals surface area contributed by atoms with Gasteiger partial charge in [0.1, 0.15) is 6.54 Å². The zero-order chi connectivity index (χ0) is 18.9. The van der Waals surface area contributed by atoms with E-state index in [1.165, 1.54) is 6.20 Å². The molecule has 0 spiro atoms. The van der Waals surface area contributed by atoms with Crippen LogP contribution in [0.25, 0.3) is 0 Å². The van der Waals surface area contributed by atoms with E-state index in [0.717, 1.165) is 17.5 Å². The topological polar surface area (TPSA) is 64.7 Å². The number of nitrogens with zero attached hydrogens (tertiary/aromatic N) is 4. The predicted octanol–water partition coefficient (Wildman–Crippen LogP) is 3.60. The van der Waals surface area contributed by atoms with Crippen LogP contribution in [0.2, 0.25) is 5.02 Å². The fourth-order valence-electron chi connectivity index (χ4n) is 2.62. The minimum Gasteiger partial charge on any atom is -0.354 e. The lowest BCUT2D eigenvalue weighted by Gasteiger charge is -2.08. The lowest BCUT2D eigenvalue weighted by Crippen LogP contribution is -2.30. The zero-order valence-corrected chi connectivity index (χ0v) is 15.9. The van der Waals surface area contributed by atoms with Gasteiger partial charge in [0.2, 0.25) is 5.91 Å². The van der Waals surface area contributed by atoms with Crippen molar-refractivity contribution >= 4 is 33.4 Å². The number of rotatable bonds is 7. The fourth-order valence-corrected chi connectivity index (χ4v) is 3.61. The molecule has 1 aliphatic carbocycles. The molecule has 26 heavy (non-hydrogen) atoms. The van der Waals surface area contributed by atoms with E-state index in [-0.39, 0.29) is 22.8 Å². The number of aryl methyl sites for hydroxylation is 1. The molecule has 1 fully saturated rings. The van der Waals surface area contributed by atoms with E-state index in [1.807, 2.05) is 0 Å². The molecule has 2 aromatic heterocycles. The van der Waals surface area contributed by atoms with Crippen molar-refractivity contribution < 1.29 is 18.0 Å². The molecule has 0 unspecified atom stereocenters. The van der Waals surface area contributed by atoms with Crippen LogP contribution in [-0.4, -0.2) is 32.0 Å². The zero-order valence-electron chi connectivity index (χ0n) is 13.6. The van der Waals surface area contributed by atoms with E-state index in [4.69, 9.17) is 11.6 Å². The third-order valence-corrected chi connectivity index (χ3v) is 4.92. The molecule has 0 atom stereocenters. The Balaban J connectivity index is 1.57. The summed E-state index contributed by atoms with van der Waals surface area (Å²) in [4.78, 5) is 12.1. The van der Waals surface area contributed by atoms with Crippen LogP contribution in [0, 0.1) is 0 Å². The van der Waals surface area contributed by atoms with E-state index >= 15 is 0 Å². The van der Waals surface area contributed by atoms with Crippen LogP contribution in [0.4, 0.5) is 13.2 Å². The Morgan fingerprint density at radius 3 is 2.73 bits per heavy atom. The number of carbonyl (C=O) groups is 1. The summed E-state index contributed by atoms with van der Waals surface area (Å²) < 4.78 is 41.9. The van der Waals surface area contributed by atoms with Crippen LogP contribution in [0.1, 0.15) is 36.6 Å². The van der Waals surface area contributed by atoms with Crippen LogP contribution >= 0.6 is 27.5 Å². The van der Waals surface area contributed by atoms with E-state index in [0.29, 0.717) is 30.2 Å². The van der Waals surface area contributed by atoms with Crippen molar-refractivity contribution in [2.24, 2.45) is 0 Å². The number of halogens is 5. The van der Waals surface area contributed by atoms with Gasteiger partial charge in [-0.1, -0.05) is 11.6 Å². The third-order valence-electron chi connectivity index (χ3n) is 3.95. The number of amides is 1. The Labute approximate surface area is 160 Å². The summed E-state index contributed by atoms with van der Waals surface area (Å²) in [6.07, 6.45) is 0.856. The SMILES string of the molecule is O=C(Cn1nc(C(F)(F)F)c(Br)c1C1CC1)NCCCn1cc(Cl)cn1. The maximum Gasteiger partial charge on any atom is 0.436 e. The largest absolute Gasteiger partial charge is 0.436 e. The first-order chi connectivity index (χ1) is 12.3. The first-order valence-corrected chi connectivity index (χ1v) is 9.21. The first kappa shape index (κ1) is 19.2. The molecule has 0 saturated heterocycles. The Bertz CT molecular complexity index is 800. The monoisotopic (exact) mass is 453 g/mol. The fraction of sp³-hybridized carbons (Fsp3) is 0.533. The summed E-state index contributed by atoms with van der Waals surface area (Å²) in [7, 11) is 0. The second kappa shape index (κ2) is 7.59. The van der Waals surface area contributed by atoms with Crippen molar-refractivity contribution in [2.45, 2.75) is 44.4 Å². The van der Waals surface area contributed by atoms with Gasteiger partial charge in [0, 0.05) is 25.2 Å². The normalized spacial score (nSPS) is 14.7. The molecule has 11 heteroatoms. The molecule has 0 radical (unpaired) electrons. The lowest BCUT2D eigenvalue weighted by molar-refractivity contribution is -0.142. The van der Waals surface area contributed by atoms with Gasteiger partial charge in [0.05, 0.1) is 21.4 Å². The number of aromatic nitrogens is 4. The highest BCUT2D eigenvalue weighted by Gasteiger charge is 2.41. The van der Waals surface area contributed by atoms with Gasteiger partial charge in [-0.2, -0.15) is 23.4 Å². The highest BCUT2D eigenvalue weighted by atomic mass is 79.9. The molecule has 1 N–H and O–H groups in total. The molecule has 0 aromatic carbocycles. The number of carbonyl (C=O) groups excluding carboxylic acids is 1. The summed E-state index contributed by atoms with van der Waals surface area (Å²) in [6, 6.07) is 0. The molecule has 0 aliphatic heterocycles. The van der Waals surface area contributed by atoms with Crippen LogP contribution in [0.3, 0.4) is 0 Å². The summed E-state index contributed by atoms with van der Waals surface area (Å²) in [6.45, 7) is 0.712. The third kappa shape index (κ3) is 4.59. The van der Waals surface area contributed by atoms with Crippen molar-refractivity contribution in [1.82, 2.24) is 24.9 Å². The van der Waals surface area contributed by atoms with Crippen molar-refractivity contribution in [3.63, 3.8) is 0 Å². The van der Waals surface area contributed by atoms with E-state index in [2.05, 4.69) is 31.4 Å². The van der Waals surface area contributed by atoms with Crippen LogP contribution in [0.15, 0.2) is 16.9 Å². The molecule has 142 valence electrons. The molecule has 2 heterocycles. The van der Waals surface area contributed by atoms with Gasteiger partial charge >= 0.3 is 6.18 Å². The lowest BCUT2D eigenvalue weighted by atomic mass is 10.2. The van der Waals surface area contributed by atoms with E-state index < -0.39 is 11.9 Å². The van der Waals surface area contributed by atoms with Crippen molar-refractivity contribution in [3.8, 4) is 0 Å². The predicted molar refractivity (Wildman–Crippen MR) is 91.8 cm³/mol. The second-order valence-electron chi connectivity index (χ2n) is 6.10. The smallest absolute Gasteiger partial charge is 0.354 e. The van der Waals surface area contributed by atoms with E-state index in [1.54, 1.807) is 10.9 Å². The van der Waals surface area contributed by atoms with Gasteiger partial charge in [0.15, 0.2) is 5.69 Å². The minimum atomic E-state index is -4.56. The molecule has 6 nitrogen and oxygen atoms in total. The Hall–Kier alpha value is -1.55. The Morgan fingerprint density at radius 1 is 1.42 bits per heavy atom. The Kier molecular flexibility index (Phi) is 5.61. The van der Waals surface area contributed by atoms with Gasteiger partial charge in [-0.3, -0.25) is 14.2 Å². The summed E-state index contributed by atoms with van der Waals surface area (Å²) in [5, 5.41) is 10.9. The maximum atomic E-state index is 13.1. The van der Waals surface area contributed by atoms with Crippen LogP contribution in [-0.2, 0) is 24.1 Å². The highest BCUT2D eigenvalue weighted by molar-refractivity contribution is 9.10. The summed E-state index contributed by atoms with van der Waals surface area (Å²) >= 11 is 8.76. The Morgan fingerprint density at radius 2 is 2.15 bits per heavy atom. The van der Waals surface area contributed by atoms with Gasteiger partial charge < -0.3 is 5.32 Å². The molecule has 1 aliphatic rings. The van der Waals surface area contributed by atoms with Crippen molar-refractivity contribution in [2.75, 3.05) is 6.54 Å². The minimum absolute atomic E-state index is 0.0188. The maximum absolute atomic E-state index is 13.1. The molecule has 3 rings (SSSR count). The molecular weight excluding hydrogens is 439 g/mol. The number of hydrogen-bond donors (Lipinski definition) is 1. The average Bonchev–Trinajstić information content (AvgIpc) is 3.20.